The van der Waals surface area contributed by atoms with Crippen LogP contribution in [0.3, 0.4) is 0 Å². The summed E-state index contributed by atoms with van der Waals surface area (Å²) < 4.78 is 0. The molecule has 35 valence electrons. The van der Waals surface area contributed by atoms with E-state index in [0.29, 0.717) is 0 Å². The first-order valence-corrected chi connectivity index (χ1v) is 2.41. The molecule has 0 aliphatic carbocycles. The summed E-state index contributed by atoms with van der Waals surface area (Å²) in [4.78, 5) is 0. The zero-order valence-electron chi connectivity index (χ0n) is 3.05. The van der Waals surface area contributed by atoms with Crippen LogP contribution < -0.4 is 0 Å². The topological polar surface area (TPSA) is 0 Å². The Morgan fingerprint density at radius 2 is 1.50 bits per heavy atom. The Labute approximate surface area is 54.6 Å². The Morgan fingerprint density at radius 1 is 1.00 bits per heavy atom. The van der Waals surface area contributed by atoms with Crippen molar-refractivity contribution in [1.29, 1.82) is 0 Å². The van der Waals surface area contributed by atoms with Crippen LogP contribution in [0.25, 0.3) is 0 Å². The summed E-state index contributed by atoms with van der Waals surface area (Å²) in [5.74, 6) is 0. The number of hydrogen-bond acceptors (Lipinski definition) is 1. The Morgan fingerprint density at radius 3 is 1.67 bits per heavy atom. The van der Waals surface area contributed by atoms with Gasteiger partial charge in [0.15, 0.2) is 0 Å². The van der Waals surface area contributed by atoms with Crippen LogP contribution in [0.2, 0.25) is 0 Å². The molecule has 1 rings (SSSR count). The van der Waals surface area contributed by atoms with Crippen molar-refractivity contribution in [2.45, 2.75) is 0 Å². The quantitative estimate of drug-likeness (QED) is 0.677. The van der Waals surface area contributed by atoms with Crippen molar-refractivity contribution in [2.75, 3.05) is 0 Å². The molecule has 1 heterocycles. The van der Waals surface area contributed by atoms with E-state index < -0.39 is 0 Å². The molecule has 0 aliphatic rings. The summed E-state index contributed by atoms with van der Waals surface area (Å²) >= 11 is 1.71. The average Bonchev–Trinajstić information content (AvgIpc) is 1.76. The molecule has 0 fully saturated rings. The van der Waals surface area contributed by atoms with Gasteiger partial charge in [0, 0.05) is 20.1 Å². The molecule has 0 atom stereocenters. The second-order valence-electron chi connectivity index (χ2n) is 0.793. The van der Waals surface area contributed by atoms with Crippen molar-refractivity contribution in [3.8, 4) is 0 Å². The summed E-state index contributed by atoms with van der Waals surface area (Å²) in [5.41, 5.74) is 0. The SMILES string of the molecule is [Ir].c1ccsc1. The molecule has 1 aromatic rings. The summed E-state index contributed by atoms with van der Waals surface area (Å²) in [7, 11) is 0. The fourth-order valence-corrected chi connectivity index (χ4v) is 0.680. The molecule has 0 aromatic carbocycles. The van der Waals surface area contributed by atoms with Crippen molar-refractivity contribution in [1.82, 2.24) is 0 Å². The maximum absolute atomic E-state index is 2.04. The molecule has 0 nitrogen and oxygen atoms in total. The van der Waals surface area contributed by atoms with Crippen LogP contribution in [-0.4, -0.2) is 0 Å². The second kappa shape index (κ2) is 3.54. The standard InChI is InChI=1S/C4H4S.Ir/c1-2-4-5-3-1;/h1-4H;. The zero-order valence-corrected chi connectivity index (χ0v) is 6.26. The van der Waals surface area contributed by atoms with Crippen LogP contribution in [0.1, 0.15) is 0 Å². The smallest absolute Gasteiger partial charge is 0 e. The van der Waals surface area contributed by atoms with E-state index >= 15 is 0 Å². The summed E-state index contributed by atoms with van der Waals surface area (Å²) in [6.07, 6.45) is 0. The molecule has 0 aliphatic heterocycles. The third kappa shape index (κ3) is 1.71. The molecule has 0 bridgehead atoms. The van der Waals surface area contributed by atoms with Crippen molar-refractivity contribution in [3.05, 3.63) is 22.9 Å². The van der Waals surface area contributed by atoms with Crippen LogP contribution in [0.5, 0.6) is 0 Å². The summed E-state index contributed by atoms with van der Waals surface area (Å²) in [6, 6.07) is 4.04. The predicted octanol–water partition coefficient (Wildman–Crippen LogP) is 1.75. The molecular formula is C4H4IrS. The predicted molar refractivity (Wildman–Crippen MR) is 24.3 cm³/mol. The monoisotopic (exact) mass is 277 g/mol. The van der Waals surface area contributed by atoms with E-state index in [4.69, 9.17) is 0 Å². The average molecular weight is 276 g/mol. The minimum absolute atomic E-state index is 0. The van der Waals surface area contributed by atoms with Crippen LogP contribution in [0.4, 0.5) is 0 Å². The van der Waals surface area contributed by atoms with Crippen LogP contribution in [-0.2, 0) is 20.1 Å². The third-order valence-electron chi connectivity index (χ3n) is 0.425. The Balaban J connectivity index is 0.000000250. The minimum atomic E-state index is 0. The summed E-state index contributed by atoms with van der Waals surface area (Å²) in [6.45, 7) is 0. The first-order valence-electron chi connectivity index (χ1n) is 1.47. The number of rotatable bonds is 0. The van der Waals surface area contributed by atoms with Crippen molar-refractivity contribution >= 4 is 11.3 Å². The van der Waals surface area contributed by atoms with Gasteiger partial charge in [0.2, 0.25) is 0 Å². The van der Waals surface area contributed by atoms with Crippen LogP contribution in [0, 0.1) is 0 Å². The molecule has 0 amide bonds. The van der Waals surface area contributed by atoms with Gasteiger partial charge in [-0.05, 0) is 10.8 Å². The van der Waals surface area contributed by atoms with Gasteiger partial charge in [-0.25, -0.2) is 0 Å². The fraction of sp³-hybridized carbons (Fsp3) is 0. The molecule has 0 spiro atoms. The molecule has 0 saturated carbocycles. The molecular weight excluding hydrogens is 272 g/mol. The third-order valence-corrected chi connectivity index (χ3v) is 1.05. The maximum atomic E-state index is 2.04. The van der Waals surface area contributed by atoms with E-state index in [0.717, 1.165) is 0 Å². The van der Waals surface area contributed by atoms with Crippen LogP contribution in [0.15, 0.2) is 22.9 Å². The van der Waals surface area contributed by atoms with Crippen molar-refractivity contribution < 1.29 is 20.1 Å². The van der Waals surface area contributed by atoms with Gasteiger partial charge in [-0.2, -0.15) is 11.3 Å². The molecule has 6 heavy (non-hydrogen) atoms. The molecule has 0 saturated heterocycles. The minimum Gasteiger partial charge on any atom is -0.152 e. The number of hydrogen-bond donors (Lipinski definition) is 0. The van der Waals surface area contributed by atoms with Gasteiger partial charge in [0.1, 0.15) is 0 Å². The normalized spacial score (nSPS) is 6.67. The molecule has 0 N–H and O–H groups in total. The van der Waals surface area contributed by atoms with E-state index in [9.17, 15) is 0 Å². The largest absolute Gasteiger partial charge is 0.152 e. The van der Waals surface area contributed by atoms with Crippen LogP contribution >= 0.6 is 11.3 Å². The van der Waals surface area contributed by atoms with Crippen molar-refractivity contribution in [2.24, 2.45) is 0 Å². The Bertz CT molecular complexity index is 64.0. The van der Waals surface area contributed by atoms with Gasteiger partial charge in [0.05, 0.1) is 0 Å². The van der Waals surface area contributed by atoms with Gasteiger partial charge in [-0.1, -0.05) is 12.1 Å². The first kappa shape index (κ1) is 6.35. The fourth-order valence-electron chi connectivity index (χ4n) is 0.227. The Kier molecular flexibility index (Phi) is 3.74. The zero-order chi connectivity index (χ0) is 3.54. The van der Waals surface area contributed by atoms with Gasteiger partial charge in [-0.3, -0.25) is 0 Å². The summed E-state index contributed by atoms with van der Waals surface area (Å²) in [5, 5.41) is 4.08. The molecule has 1 aromatic heterocycles. The molecule has 0 unspecified atom stereocenters. The van der Waals surface area contributed by atoms with Crippen molar-refractivity contribution in [3.63, 3.8) is 0 Å². The van der Waals surface area contributed by atoms with E-state index in [1.165, 1.54) is 0 Å². The van der Waals surface area contributed by atoms with E-state index in [1.54, 1.807) is 11.3 Å². The molecule has 1 radical (unpaired) electrons. The Hall–Kier alpha value is 0.349. The maximum Gasteiger partial charge on any atom is 0 e. The van der Waals surface area contributed by atoms with Gasteiger partial charge in [-0.15, -0.1) is 0 Å². The number of thiophene rings is 1. The van der Waals surface area contributed by atoms with Gasteiger partial charge in [0.25, 0.3) is 0 Å². The van der Waals surface area contributed by atoms with E-state index in [1.807, 2.05) is 22.9 Å². The molecule has 2 heteroatoms. The van der Waals surface area contributed by atoms with E-state index in [2.05, 4.69) is 0 Å². The van der Waals surface area contributed by atoms with E-state index in [-0.39, 0.29) is 20.1 Å². The first-order chi connectivity index (χ1) is 2.50. The second-order valence-corrected chi connectivity index (χ2v) is 1.61. The van der Waals surface area contributed by atoms with Gasteiger partial charge >= 0.3 is 0 Å². The van der Waals surface area contributed by atoms with Gasteiger partial charge < -0.3 is 0 Å².